The fourth-order valence-corrected chi connectivity index (χ4v) is 1.70. The molecule has 0 aliphatic carbocycles. The van der Waals surface area contributed by atoms with E-state index in [2.05, 4.69) is 10.2 Å². The van der Waals surface area contributed by atoms with Gasteiger partial charge >= 0.3 is 0 Å². The molecular weight excluding hydrogens is 223 g/mol. The minimum absolute atomic E-state index is 0.126. The Hall–Kier alpha value is -2.04. The summed E-state index contributed by atoms with van der Waals surface area (Å²) in [6.07, 6.45) is 0.494. The molecule has 17 heavy (non-hydrogen) atoms. The lowest BCUT2D eigenvalue weighted by Crippen LogP contribution is -2.07. The Bertz CT molecular complexity index is 560. The Labute approximate surface area is 97.4 Å². The highest BCUT2D eigenvalue weighted by Crippen LogP contribution is 2.16. The molecule has 0 aliphatic heterocycles. The van der Waals surface area contributed by atoms with Gasteiger partial charge in [0, 0.05) is 17.7 Å². The molecule has 2 N–H and O–H groups in total. The fraction of sp³-hybridized carbons (Fsp3) is 0.250. The number of aryl methyl sites for hydroxylation is 1. The quantitative estimate of drug-likeness (QED) is 0.851. The molecule has 5 heteroatoms. The largest absolute Gasteiger partial charge is 0.463 e. The summed E-state index contributed by atoms with van der Waals surface area (Å²) in [6.45, 7) is 0.975. The second-order valence-electron chi connectivity index (χ2n) is 3.76. The predicted octanol–water partition coefficient (Wildman–Crippen LogP) is 1.91. The highest BCUT2D eigenvalue weighted by Gasteiger charge is 2.07. The molecule has 0 atom stereocenters. The standard InChI is InChI=1S/C12H13FN2O2/c1-8-11(12(16)15-14-8)6-9-3-2-4-10(5-9)17-7-13/h2-5H,6-7H2,1H3,(H2,14,15,16). The second-order valence-corrected chi connectivity index (χ2v) is 3.76. The van der Waals surface area contributed by atoms with Crippen molar-refractivity contribution in [2.24, 2.45) is 0 Å². The number of hydrogen-bond donors (Lipinski definition) is 2. The zero-order valence-electron chi connectivity index (χ0n) is 9.42. The van der Waals surface area contributed by atoms with Crippen molar-refractivity contribution in [1.29, 1.82) is 0 Å². The molecule has 1 aromatic carbocycles. The summed E-state index contributed by atoms with van der Waals surface area (Å²) in [6, 6.07) is 7.05. The van der Waals surface area contributed by atoms with Gasteiger partial charge in [-0.25, -0.2) is 4.39 Å². The molecule has 1 heterocycles. The molecule has 4 nitrogen and oxygen atoms in total. The molecule has 0 bridgehead atoms. The van der Waals surface area contributed by atoms with Gasteiger partial charge in [-0.1, -0.05) is 12.1 Å². The van der Waals surface area contributed by atoms with Gasteiger partial charge in [0.15, 0.2) is 0 Å². The number of benzene rings is 1. The molecule has 2 aromatic rings. The molecule has 0 amide bonds. The van der Waals surface area contributed by atoms with Gasteiger partial charge in [-0.3, -0.25) is 9.89 Å². The van der Waals surface area contributed by atoms with E-state index in [0.717, 1.165) is 11.3 Å². The van der Waals surface area contributed by atoms with E-state index in [9.17, 15) is 9.18 Å². The van der Waals surface area contributed by atoms with Crippen LogP contribution < -0.4 is 10.3 Å². The number of aromatic amines is 2. The van der Waals surface area contributed by atoms with E-state index >= 15 is 0 Å². The molecular formula is C12H13FN2O2. The van der Waals surface area contributed by atoms with Gasteiger partial charge in [0.05, 0.1) is 0 Å². The molecule has 0 unspecified atom stereocenters. The zero-order valence-corrected chi connectivity index (χ0v) is 9.42. The first-order valence-corrected chi connectivity index (χ1v) is 5.24. The molecule has 0 saturated carbocycles. The summed E-state index contributed by atoms with van der Waals surface area (Å²) < 4.78 is 16.8. The van der Waals surface area contributed by atoms with Gasteiger partial charge < -0.3 is 9.84 Å². The van der Waals surface area contributed by atoms with E-state index < -0.39 is 6.86 Å². The van der Waals surface area contributed by atoms with Gasteiger partial charge in [0.25, 0.3) is 5.56 Å². The fourth-order valence-electron chi connectivity index (χ4n) is 1.70. The number of hydrogen-bond acceptors (Lipinski definition) is 2. The number of halogens is 1. The van der Waals surface area contributed by atoms with Crippen molar-refractivity contribution in [3.05, 3.63) is 51.4 Å². The highest BCUT2D eigenvalue weighted by molar-refractivity contribution is 5.33. The van der Waals surface area contributed by atoms with Crippen molar-refractivity contribution < 1.29 is 9.13 Å². The maximum Gasteiger partial charge on any atom is 0.267 e. The first-order valence-electron chi connectivity index (χ1n) is 5.24. The third kappa shape index (κ3) is 2.55. The first kappa shape index (κ1) is 11.4. The number of rotatable bonds is 4. The van der Waals surface area contributed by atoms with Crippen LogP contribution in [0.1, 0.15) is 16.8 Å². The molecule has 0 saturated heterocycles. The van der Waals surface area contributed by atoms with Crippen molar-refractivity contribution >= 4 is 0 Å². The SMILES string of the molecule is Cc1[nH][nH]c(=O)c1Cc1cccc(OCF)c1. The van der Waals surface area contributed by atoms with E-state index in [1.807, 2.05) is 13.0 Å². The van der Waals surface area contributed by atoms with Crippen molar-refractivity contribution in [2.45, 2.75) is 13.3 Å². The Morgan fingerprint density at radius 2 is 2.18 bits per heavy atom. The van der Waals surface area contributed by atoms with Crippen LogP contribution >= 0.6 is 0 Å². The average Bonchev–Trinajstić information content (AvgIpc) is 2.62. The minimum atomic E-state index is -0.854. The van der Waals surface area contributed by atoms with E-state index in [-0.39, 0.29) is 5.56 Å². The van der Waals surface area contributed by atoms with Crippen LogP contribution in [0.3, 0.4) is 0 Å². The van der Waals surface area contributed by atoms with Crippen LogP contribution in [0, 0.1) is 6.92 Å². The normalized spacial score (nSPS) is 10.5. The summed E-state index contributed by atoms with van der Waals surface area (Å²) in [5.74, 6) is 0.467. The lowest BCUT2D eigenvalue weighted by Gasteiger charge is -2.04. The summed E-state index contributed by atoms with van der Waals surface area (Å²) >= 11 is 0. The van der Waals surface area contributed by atoms with Crippen molar-refractivity contribution in [3.63, 3.8) is 0 Å². The number of aromatic nitrogens is 2. The summed E-state index contributed by atoms with van der Waals surface area (Å²) in [5, 5.41) is 5.29. The average molecular weight is 236 g/mol. The van der Waals surface area contributed by atoms with Crippen LogP contribution in [0.15, 0.2) is 29.1 Å². The molecule has 0 spiro atoms. The van der Waals surface area contributed by atoms with Gasteiger partial charge in [-0.2, -0.15) is 0 Å². The smallest absolute Gasteiger partial charge is 0.267 e. The van der Waals surface area contributed by atoms with Crippen LogP contribution in [0.25, 0.3) is 0 Å². The van der Waals surface area contributed by atoms with Crippen LogP contribution in [0.4, 0.5) is 4.39 Å². The van der Waals surface area contributed by atoms with Crippen molar-refractivity contribution in [1.82, 2.24) is 10.2 Å². The van der Waals surface area contributed by atoms with Crippen LogP contribution in [0.5, 0.6) is 5.75 Å². The summed E-state index contributed by atoms with van der Waals surface area (Å²) in [5.41, 5.74) is 2.28. The maximum atomic E-state index is 12.0. The van der Waals surface area contributed by atoms with E-state index in [0.29, 0.717) is 17.7 Å². The monoisotopic (exact) mass is 236 g/mol. The molecule has 0 radical (unpaired) electrons. The Morgan fingerprint density at radius 1 is 1.35 bits per heavy atom. The van der Waals surface area contributed by atoms with Gasteiger partial charge in [0.2, 0.25) is 6.86 Å². The molecule has 0 fully saturated rings. The minimum Gasteiger partial charge on any atom is -0.463 e. The van der Waals surface area contributed by atoms with E-state index in [4.69, 9.17) is 4.74 Å². The zero-order chi connectivity index (χ0) is 12.3. The molecule has 2 rings (SSSR count). The van der Waals surface area contributed by atoms with Crippen LogP contribution in [0.2, 0.25) is 0 Å². The Balaban J connectivity index is 2.24. The second kappa shape index (κ2) is 4.86. The lowest BCUT2D eigenvalue weighted by atomic mass is 10.1. The third-order valence-corrected chi connectivity index (χ3v) is 2.59. The third-order valence-electron chi connectivity index (χ3n) is 2.59. The number of alkyl halides is 1. The highest BCUT2D eigenvalue weighted by atomic mass is 19.1. The maximum absolute atomic E-state index is 12.0. The predicted molar refractivity (Wildman–Crippen MR) is 62.0 cm³/mol. The van der Waals surface area contributed by atoms with E-state index in [1.54, 1.807) is 18.2 Å². The Morgan fingerprint density at radius 3 is 2.82 bits per heavy atom. The van der Waals surface area contributed by atoms with Crippen molar-refractivity contribution in [2.75, 3.05) is 6.86 Å². The van der Waals surface area contributed by atoms with Crippen LogP contribution in [-0.4, -0.2) is 17.1 Å². The molecule has 0 aliphatic rings. The number of ether oxygens (including phenoxy) is 1. The number of nitrogens with one attached hydrogen (secondary N) is 2. The summed E-state index contributed by atoms with van der Waals surface area (Å²) in [7, 11) is 0. The van der Waals surface area contributed by atoms with Gasteiger partial charge in [-0.05, 0) is 24.6 Å². The van der Waals surface area contributed by atoms with E-state index in [1.165, 1.54) is 0 Å². The van der Waals surface area contributed by atoms with Gasteiger partial charge in [0.1, 0.15) is 5.75 Å². The molecule has 90 valence electrons. The number of H-pyrrole nitrogens is 2. The van der Waals surface area contributed by atoms with Crippen LogP contribution in [-0.2, 0) is 6.42 Å². The summed E-state index contributed by atoms with van der Waals surface area (Å²) in [4.78, 5) is 11.5. The van der Waals surface area contributed by atoms with Crippen molar-refractivity contribution in [3.8, 4) is 5.75 Å². The van der Waals surface area contributed by atoms with Gasteiger partial charge in [-0.15, -0.1) is 0 Å². The molecule has 1 aromatic heterocycles. The Kier molecular flexibility index (Phi) is 3.27. The lowest BCUT2D eigenvalue weighted by molar-refractivity contribution is 0.191. The first-order chi connectivity index (χ1) is 8.20. The topological polar surface area (TPSA) is 57.9 Å².